The molecule has 0 aliphatic rings. The first kappa shape index (κ1) is 12.5. The Morgan fingerprint density at radius 1 is 1.44 bits per heavy atom. The van der Waals surface area contributed by atoms with Crippen LogP contribution in [0.3, 0.4) is 0 Å². The van der Waals surface area contributed by atoms with Crippen molar-refractivity contribution in [3.05, 3.63) is 42.5 Å². The Hall–Kier alpha value is -1.57. The fourth-order valence-corrected chi connectivity index (χ4v) is 1.48. The van der Waals surface area contributed by atoms with Gasteiger partial charge in [-0.1, -0.05) is 31.2 Å². The summed E-state index contributed by atoms with van der Waals surface area (Å²) in [5, 5.41) is 0. The first-order valence-corrected chi connectivity index (χ1v) is 5.61. The average molecular weight is 218 g/mol. The molecule has 1 aromatic carbocycles. The molecular weight excluding hydrogens is 200 g/mol. The minimum absolute atomic E-state index is 0.149. The van der Waals surface area contributed by atoms with Crippen LogP contribution in [0.15, 0.2) is 36.9 Å². The van der Waals surface area contributed by atoms with Crippen molar-refractivity contribution in [2.75, 3.05) is 6.61 Å². The Kier molecular flexibility index (Phi) is 5.34. The van der Waals surface area contributed by atoms with E-state index >= 15 is 0 Å². The topological polar surface area (TPSA) is 26.3 Å². The molecule has 2 nitrogen and oxygen atoms in total. The van der Waals surface area contributed by atoms with E-state index in [9.17, 15) is 4.79 Å². The van der Waals surface area contributed by atoms with E-state index in [4.69, 9.17) is 4.74 Å². The molecule has 86 valence electrons. The number of allylic oxidation sites excluding steroid dienone is 1. The van der Waals surface area contributed by atoms with Crippen molar-refractivity contribution >= 4 is 5.78 Å². The molecule has 0 unspecified atom stereocenters. The standard InChI is InChI=1S/C14H18O2/c1-3-7-12-9-5-6-10-14(12)16-11-13(15)8-4-2/h3,5-6,9-10H,1,4,7-8,11H2,2H3. The summed E-state index contributed by atoms with van der Waals surface area (Å²) < 4.78 is 5.51. The molecule has 0 aliphatic heterocycles. The molecule has 1 rings (SSSR count). The molecule has 0 saturated heterocycles. The summed E-state index contributed by atoms with van der Waals surface area (Å²) in [6, 6.07) is 7.74. The summed E-state index contributed by atoms with van der Waals surface area (Å²) in [4.78, 5) is 11.3. The molecule has 2 heteroatoms. The van der Waals surface area contributed by atoms with Crippen LogP contribution in [-0.4, -0.2) is 12.4 Å². The van der Waals surface area contributed by atoms with Gasteiger partial charge >= 0.3 is 0 Å². The molecule has 0 amide bonds. The fourth-order valence-electron chi connectivity index (χ4n) is 1.48. The van der Waals surface area contributed by atoms with Gasteiger partial charge in [0.05, 0.1) is 0 Å². The molecule has 0 N–H and O–H groups in total. The van der Waals surface area contributed by atoms with Gasteiger partial charge in [0.15, 0.2) is 5.78 Å². The lowest BCUT2D eigenvalue weighted by molar-refractivity contribution is -0.121. The van der Waals surface area contributed by atoms with Crippen LogP contribution in [0.25, 0.3) is 0 Å². The van der Waals surface area contributed by atoms with E-state index in [1.165, 1.54) is 0 Å². The number of rotatable bonds is 7. The van der Waals surface area contributed by atoms with Crippen molar-refractivity contribution in [1.29, 1.82) is 0 Å². The zero-order valence-corrected chi connectivity index (χ0v) is 9.74. The smallest absolute Gasteiger partial charge is 0.170 e. The number of para-hydroxylation sites is 1. The molecule has 0 fully saturated rings. The van der Waals surface area contributed by atoms with Gasteiger partial charge in [-0.05, 0) is 24.5 Å². The van der Waals surface area contributed by atoms with E-state index in [0.717, 1.165) is 24.2 Å². The van der Waals surface area contributed by atoms with Crippen molar-refractivity contribution in [2.45, 2.75) is 26.2 Å². The average Bonchev–Trinajstić information content (AvgIpc) is 2.29. The summed E-state index contributed by atoms with van der Waals surface area (Å²) in [7, 11) is 0. The highest BCUT2D eigenvalue weighted by molar-refractivity contribution is 5.79. The van der Waals surface area contributed by atoms with Crippen LogP contribution in [0.5, 0.6) is 5.75 Å². The third-order valence-corrected chi connectivity index (χ3v) is 2.25. The lowest BCUT2D eigenvalue weighted by Gasteiger charge is -2.09. The normalized spacial score (nSPS) is 9.81. The molecule has 0 radical (unpaired) electrons. The summed E-state index contributed by atoms with van der Waals surface area (Å²) in [5.74, 6) is 0.933. The molecule has 0 saturated carbocycles. The van der Waals surface area contributed by atoms with E-state index in [2.05, 4.69) is 6.58 Å². The SMILES string of the molecule is C=CCc1ccccc1OCC(=O)CCC. The maximum absolute atomic E-state index is 11.3. The molecule has 0 bridgehead atoms. The first-order chi connectivity index (χ1) is 7.77. The van der Waals surface area contributed by atoms with E-state index in [1.54, 1.807) is 0 Å². The summed E-state index contributed by atoms with van der Waals surface area (Å²) >= 11 is 0. The third kappa shape index (κ3) is 3.89. The van der Waals surface area contributed by atoms with Crippen LogP contribution >= 0.6 is 0 Å². The number of hydrogen-bond donors (Lipinski definition) is 0. The van der Waals surface area contributed by atoms with Gasteiger partial charge in [0, 0.05) is 6.42 Å². The largest absolute Gasteiger partial charge is 0.486 e. The quantitative estimate of drug-likeness (QED) is 0.657. The molecule has 0 atom stereocenters. The van der Waals surface area contributed by atoms with Gasteiger partial charge in [-0.3, -0.25) is 4.79 Å². The molecular formula is C14H18O2. The van der Waals surface area contributed by atoms with E-state index in [0.29, 0.717) is 6.42 Å². The number of carbonyl (C=O) groups excluding carboxylic acids is 1. The van der Waals surface area contributed by atoms with Gasteiger partial charge in [-0.25, -0.2) is 0 Å². The maximum Gasteiger partial charge on any atom is 0.170 e. The van der Waals surface area contributed by atoms with Crippen LogP contribution in [-0.2, 0) is 11.2 Å². The highest BCUT2D eigenvalue weighted by atomic mass is 16.5. The van der Waals surface area contributed by atoms with E-state index in [-0.39, 0.29) is 12.4 Å². The Morgan fingerprint density at radius 3 is 2.88 bits per heavy atom. The van der Waals surface area contributed by atoms with Crippen molar-refractivity contribution in [3.63, 3.8) is 0 Å². The first-order valence-electron chi connectivity index (χ1n) is 5.61. The Morgan fingerprint density at radius 2 is 2.19 bits per heavy atom. The van der Waals surface area contributed by atoms with Crippen molar-refractivity contribution in [3.8, 4) is 5.75 Å². The fraction of sp³-hybridized carbons (Fsp3) is 0.357. The number of ether oxygens (including phenoxy) is 1. The number of hydrogen-bond acceptors (Lipinski definition) is 2. The highest BCUT2D eigenvalue weighted by Crippen LogP contribution is 2.18. The minimum atomic E-state index is 0.149. The van der Waals surface area contributed by atoms with Crippen LogP contribution in [0.1, 0.15) is 25.3 Å². The lowest BCUT2D eigenvalue weighted by atomic mass is 10.1. The van der Waals surface area contributed by atoms with Gasteiger partial charge in [-0.2, -0.15) is 0 Å². The minimum Gasteiger partial charge on any atom is -0.486 e. The van der Waals surface area contributed by atoms with Gasteiger partial charge < -0.3 is 4.74 Å². The Balaban J connectivity index is 2.58. The lowest BCUT2D eigenvalue weighted by Crippen LogP contribution is -2.11. The molecule has 16 heavy (non-hydrogen) atoms. The van der Waals surface area contributed by atoms with Crippen molar-refractivity contribution < 1.29 is 9.53 Å². The monoisotopic (exact) mass is 218 g/mol. The molecule has 0 spiro atoms. The summed E-state index contributed by atoms with van der Waals surface area (Å²) in [6.45, 7) is 5.86. The number of ketones is 1. The second-order valence-electron chi connectivity index (χ2n) is 3.68. The maximum atomic E-state index is 11.3. The third-order valence-electron chi connectivity index (χ3n) is 2.25. The highest BCUT2D eigenvalue weighted by Gasteiger charge is 2.04. The number of carbonyl (C=O) groups is 1. The molecule has 1 aromatic rings. The van der Waals surface area contributed by atoms with Crippen LogP contribution in [0, 0.1) is 0 Å². The van der Waals surface area contributed by atoms with Gasteiger partial charge in [0.1, 0.15) is 12.4 Å². The summed E-state index contributed by atoms with van der Waals surface area (Å²) in [6.07, 6.45) is 4.05. The van der Waals surface area contributed by atoms with Gasteiger partial charge in [0.2, 0.25) is 0 Å². The zero-order valence-electron chi connectivity index (χ0n) is 9.74. The Bertz CT molecular complexity index is 356. The van der Waals surface area contributed by atoms with Crippen LogP contribution < -0.4 is 4.74 Å². The van der Waals surface area contributed by atoms with Gasteiger partial charge in [-0.15, -0.1) is 6.58 Å². The Labute approximate surface area is 96.9 Å². The molecule has 0 aliphatic carbocycles. The molecule has 0 aromatic heterocycles. The van der Waals surface area contributed by atoms with Gasteiger partial charge in [0.25, 0.3) is 0 Å². The van der Waals surface area contributed by atoms with Crippen molar-refractivity contribution in [2.24, 2.45) is 0 Å². The zero-order chi connectivity index (χ0) is 11.8. The van der Waals surface area contributed by atoms with Crippen LogP contribution in [0.2, 0.25) is 0 Å². The number of Topliss-reactive ketones (excluding diaryl/α,β-unsaturated/α-hetero) is 1. The van der Waals surface area contributed by atoms with Crippen molar-refractivity contribution in [1.82, 2.24) is 0 Å². The predicted molar refractivity (Wildman–Crippen MR) is 65.8 cm³/mol. The predicted octanol–water partition coefficient (Wildman–Crippen LogP) is 3.16. The summed E-state index contributed by atoms with van der Waals surface area (Å²) in [5.41, 5.74) is 1.07. The van der Waals surface area contributed by atoms with Crippen LogP contribution in [0.4, 0.5) is 0 Å². The second kappa shape index (κ2) is 6.83. The van der Waals surface area contributed by atoms with E-state index < -0.39 is 0 Å². The molecule has 0 heterocycles. The second-order valence-corrected chi connectivity index (χ2v) is 3.68. The van der Waals surface area contributed by atoms with E-state index in [1.807, 2.05) is 37.3 Å². The number of benzene rings is 1.